The van der Waals surface area contributed by atoms with Crippen LogP contribution in [-0.2, 0) is 4.74 Å². The zero-order valence-electron chi connectivity index (χ0n) is 11.3. The van der Waals surface area contributed by atoms with Crippen molar-refractivity contribution in [2.24, 2.45) is 0 Å². The minimum atomic E-state index is -4.90. The summed E-state index contributed by atoms with van der Waals surface area (Å²) in [7, 11) is 0. The minimum absolute atomic E-state index is 0. The molecular weight excluding hydrogens is 273 g/mol. The first kappa shape index (κ1) is 18.8. The number of amides is 1. The zero-order chi connectivity index (χ0) is 13.3. The van der Waals surface area contributed by atoms with Crippen LogP contribution in [0.1, 0.15) is 40.0 Å². The molecule has 0 aromatic heterocycles. The average molecular weight is 291 g/mol. The molecule has 1 rings (SSSR count). The van der Waals surface area contributed by atoms with Crippen LogP contribution in [-0.4, -0.2) is 24.7 Å². The first-order valence-corrected chi connectivity index (χ1v) is 5.79. The van der Waals surface area contributed by atoms with Crippen molar-refractivity contribution in [3.8, 4) is 0 Å². The monoisotopic (exact) mass is 291 g/mol. The Labute approximate surface area is 148 Å². The third-order valence-corrected chi connectivity index (χ3v) is 2.76. The zero-order valence-corrected chi connectivity index (χ0v) is 14.4. The summed E-state index contributed by atoms with van der Waals surface area (Å²) in [4.78, 5) is 11.4. The van der Waals surface area contributed by atoms with Gasteiger partial charge in [0.2, 0.25) is 0 Å². The number of nitrogens with one attached hydrogen (secondary N) is 1. The SMILES string of the molecule is CC(C)(C)OC(=O)NC1CCCC1[B-](F)(F)F.[K+]. The van der Waals surface area contributed by atoms with E-state index >= 15 is 0 Å². The number of hydrogen-bond donors (Lipinski definition) is 1. The molecular formula is C10H18BF3KNO2. The van der Waals surface area contributed by atoms with Crippen LogP contribution in [0, 0.1) is 0 Å². The topological polar surface area (TPSA) is 38.3 Å². The van der Waals surface area contributed by atoms with E-state index in [2.05, 4.69) is 5.32 Å². The largest absolute Gasteiger partial charge is 1.00 e. The molecule has 2 atom stereocenters. The van der Waals surface area contributed by atoms with E-state index < -0.39 is 30.5 Å². The van der Waals surface area contributed by atoms with Crippen molar-refractivity contribution in [2.75, 3.05) is 0 Å². The molecule has 1 saturated carbocycles. The molecule has 1 amide bonds. The van der Waals surface area contributed by atoms with Crippen LogP contribution in [0.25, 0.3) is 0 Å². The molecule has 1 aliphatic rings. The second kappa shape index (κ2) is 6.97. The second-order valence-corrected chi connectivity index (χ2v) is 5.47. The first-order chi connectivity index (χ1) is 7.59. The smallest absolute Gasteiger partial charge is 0.449 e. The molecule has 0 aromatic carbocycles. The van der Waals surface area contributed by atoms with E-state index in [1.54, 1.807) is 20.8 Å². The van der Waals surface area contributed by atoms with Crippen molar-refractivity contribution in [3.63, 3.8) is 0 Å². The molecule has 0 spiro atoms. The van der Waals surface area contributed by atoms with Gasteiger partial charge in [-0.2, -0.15) is 0 Å². The number of halogens is 3. The van der Waals surface area contributed by atoms with Gasteiger partial charge in [0.15, 0.2) is 0 Å². The fourth-order valence-corrected chi connectivity index (χ4v) is 2.08. The predicted octanol–water partition coefficient (Wildman–Crippen LogP) is 0.285. The molecule has 0 saturated heterocycles. The summed E-state index contributed by atoms with van der Waals surface area (Å²) in [5, 5.41) is 2.33. The third kappa shape index (κ3) is 6.27. The van der Waals surface area contributed by atoms with Gasteiger partial charge in [-0.25, -0.2) is 4.79 Å². The summed E-state index contributed by atoms with van der Waals surface area (Å²) >= 11 is 0. The number of ether oxygens (including phenoxy) is 1. The van der Waals surface area contributed by atoms with Gasteiger partial charge in [0.05, 0.1) is 0 Å². The summed E-state index contributed by atoms with van der Waals surface area (Å²) in [5.41, 5.74) is -0.693. The molecule has 100 valence electrons. The van der Waals surface area contributed by atoms with Gasteiger partial charge in [0.25, 0.3) is 0 Å². The Bertz CT molecular complexity index is 294. The van der Waals surface area contributed by atoms with E-state index in [1.807, 2.05) is 0 Å². The number of hydrogen-bond acceptors (Lipinski definition) is 2. The van der Waals surface area contributed by atoms with Crippen molar-refractivity contribution in [2.45, 2.75) is 57.5 Å². The fraction of sp³-hybridized carbons (Fsp3) is 0.900. The van der Waals surface area contributed by atoms with E-state index in [0.717, 1.165) is 0 Å². The van der Waals surface area contributed by atoms with Gasteiger partial charge in [-0.15, -0.1) is 0 Å². The maximum atomic E-state index is 12.7. The van der Waals surface area contributed by atoms with Crippen LogP contribution in [0.5, 0.6) is 0 Å². The maximum absolute atomic E-state index is 12.7. The summed E-state index contributed by atoms with van der Waals surface area (Å²) in [5.74, 6) is -1.39. The summed E-state index contributed by atoms with van der Waals surface area (Å²) < 4.78 is 43.0. The van der Waals surface area contributed by atoms with Crippen LogP contribution >= 0.6 is 0 Å². The number of rotatable bonds is 2. The Balaban J connectivity index is 0.00000289. The molecule has 18 heavy (non-hydrogen) atoms. The predicted molar refractivity (Wildman–Crippen MR) is 59.8 cm³/mol. The van der Waals surface area contributed by atoms with Crippen molar-refractivity contribution in [1.29, 1.82) is 0 Å². The van der Waals surface area contributed by atoms with Crippen LogP contribution in [0.3, 0.4) is 0 Å². The molecule has 8 heteroatoms. The normalized spacial score (nSPS) is 24.3. The van der Waals surface area contributed by atoms with Crippen molar-refractivity contribution in [3.05, 3.63) is 0 Å². The van der Waals surface area contributed by atoms with E-state index in [4.69, 9.17) is 4.74 Å². The van der Waals surface area contributed by atoms with E-state index in [1.165, 1.54) is 0 Å². The molecule has 0 heterocycles. The van der Waals surface area contributed by atoms with E-state index in [0.29, 0.717) is 12.8 Å². The Kier molecular flexibility index (Phi) is 7.26. The molecule has 2 unspecified atom stereocenters. The van der Waals surface area contributed by atoms with Crippen LogP contribution in [0.4, 0.5) is 17.7 Å². The third-order valence-electron chi connectivity index (χ3n) is 2.76. The second-order valence-electron chi connectivity index (χ2n) is 5.47. The van der Waals surface area contributed by atoms with Gasteiger partial charge >= 0.3 is 64.5 Å². The molecule has 3 nitrogen and oxygen atoms in total. The van der Waals surface area contributed by atoms with E-state index in [9.17, 15) is 17.7 Å². The van der Waals surface area contributed by atoms with Crippen molar-refractivity contribution < 1.29 is 73.9 Å². The molecule has 0 aromatic rings. The molecule has 1 fully saturated rings. The van der Waals surface area contributed by atoms with Crippen molar-refractivity contribution in [1.82, 2.24) is 5.32 Å². The molecule has 0 bridgehead atoms. The van der Waals surface area contributed by atoms with Gasteiger partial charge in [-0.3, -0.25) is 0 Å². The average Bonchev–Trinajstić information content (AvgIpc) is 2.46. The van der Waals surface area contributed by atoms with Crippen molar-refractivity contribution >= 4 is 13.1 Å². The maximum Gasteiger partial charge on any atom is 1.00 e. The van der Waals surface area contributed by atoms with Crippen LogP contribution in [0.2, 0.25) is 5.82 Å². The summed E-state index contributed by atoms with van der Waals surface area (Å²) in [6, 6.07) is -0.829. The van der Waals surface area contributed by atoms with Gasteiger partial charge in [-0.1, -0.05) is 18.7 Å². The van der Waals surface area contributed by atoms with Crippen LogP contribution in [0.15, 0.2) is 0 Å². The minimum Gasteiger partial charge on any atom is -0.449 e. The van der Waals surface area contributed by atoms with Gasteiger partial charge in [0.1, 0.15) is 5.60 Å². The quantitative estimate of drug-likeness (QED) is 0.743. The fourth-order valence-electron chi connectivity index (χ4n) is 2.08. The summed E-state index contributed by atoms with van der Waals surface area (Å²) in [6.07, 6.45) is 0.191. The number of carbonyl (C=O) groups is 1. The standard InChI is InChI=1S/C10H18BF3NO2.K/c1-10(2,3)17-9(16)15-8-6-4-5-7(8)11(12,13)14;/h7-8H,4-6H2,1-3H3,(H,15,16);/q-1;+1. The first-order valence-electron chi connectivity index (χ1n) is 5.79. The number of carbonyl (C=O) groups excluding carboxylic acids is 1. The molecule has 1 aliphatic carbocycles. The van der Waals surface area contributed by atoms with Crippen LogP contribution < -0.4 is 56.7 Å². The molecule has 1 N–H and O–H groups in total. The van der Waals surface area contributed by atoms with Gasteiger partial charge < -0.3 is 23.0 Å². The number of alkyl carbamates (subject to hydrolysis) is 1. The molecule has 0 radical (unpaired) electrons. The van der Waals surface area contributed by atoms with Gasteiger partial charge in [-0.05, 0) is 27.2 Å². The van der Waals surface area contributed by atoms with E-state index in [-0.39, 0.29) is 57.8 Å². The Morgan fingerprint density at radius 2 is 1.83 bits per heavy atom. The Morgan fingerprint density at radius 3 is 2.28 bits per heavy atom. The Hall–Kier alpha value is 0.761. The van der Waals surface area contributed by atoms with Gasteiger partial charge in [0, 0.05) is 6.04 Å². The molecule has 0 aliphatic heterocycles. The Morgan fingerprint density at radius 1 is 1.28 bits per heavy atom. The summed E-state index contributed by atoms with van der Waals surface area (Å²) in [6.45, 7) is 0.122.